The smallest absolute Gasteiger partial charge is 0.159 e. The normalized spacial score (nSPS) is 40.0. The molecule has 0 aromatic carbocycles. The van der Waals surface area contributed by atoms with Crippen LogP contribution in [0.25, 0.3) is 0 Å². The molecule has 4 atom stereocenters. The first-order chi connectivity index (χ1) is 7.61. The van der Waals surface area contributed by atoms with Crippen LogP contribution < -0.4 is 0 Å². The maximum atomic E-state index is 4.71. The molecular formula is C12H21BrN2S. The Morgan fingerprint density at radius 1 is 1.44 bits per heavy atom. The molecule has 0 spiro atoms. The van der Waals surface area contributed by atoms with Crippen molar-refractivity contribution in [3.63, 3.8) is 0 Å². The van der Waals surface area contributed by atoms with Crippen LogP contribution in [-0.4, -0.2) is 39.8 Å². The van der Waals surface area contributed by atoms with Crippen molar-refractivity contribution in [3.8, 4) is 0 Å². The number of alkyl halides is 1. The van der Waals surface area contributed by atoms with Crippen LogP contribution in [0.2, 0.25) is 0 Å². The zero-order valence-corrected chi connectivity index (χ0v) is 12.7. The second-order valence-electron chi connectivity index (χ2n) is 5.23. The number of amidine groups is 1. The SMILES string of the molecule is CC1CC(C)C(C)N(C2=NCC(CBr)S2)C1. The van der Waals surface area contributed by atoms with E-state index < -0.39 is 0 Å². The number of likely N-dealkylation sites (tertiary alicyclic amines) is 1. The second-order valence-corrected chi connectivity index (χ2v) is 7.14. The summed E-state index contributed by atoms with van der Waals surface area (Å²) in [6, 6.07) is 0.650. The van der Waals surface area contributed by atoms with Crippen molar-refractivity contribution in [2.45, 2.75) is 38.5 Å². The minimum absolute atomic E-state index is 0.648. The van der Waals surface area contributed by atoms with Crippen molar-refractivity contribution in [2.75, 3.05) is 18.4 Å². The Bertz CT molecular complexity index is 282. The van der Waals surface area contributed by atoms with Gasteiger partial charge >= 0.3 is 0 Å². The fraction of sp³-hybridized carbons (Fsp3) is 0.917. The third kappa shape index (κ3) is 2.58. The molecule has 0 aliphatic carbocycles. The first-order valence-electron chi connectivity index (χ1n) is 6.15. The lowest BCUT2D eigenvalue weighted by Gasteiger charge is -2.42. The zero-order chi connectivity index (χ0) is 11.7. The topological polar surface area (TPSA) is 15.6 Å². The average Bonchev–Trinajstić information content (AvgIpc) is 2.71. The molecule has 0 N–H and O–H groups in total. The van der Waals surface area contributed by atoms with E-state index >= 15 is 0 Å². The number of hydrogen-bond acceptors (Lipinski definition) is 3. The van der Waals surface area contributed by atoms with E-state index in [0.29, 0.717) is 11.3 Å². The van der Waals surface area contributed by atoms with Gasteiger partial charge in [0.25, 0.3) is 0 Å². The highest BCUT2D eigenvalue weighted by molar-refractivity contribution is 9.09. The van der Waals surface area contributed by atoms with Crippen LogP contribution in [0.4, 0.5) is 0 Å². The number of halogens is 1. The van der Waals surface area contributed by atoms with E-state index in [2.05, 4.69) is 41.6 Å². The molecule has 4 heteroatoms. The monoisotopic (exact) mass is 304 g/mol. The third-order valence-corrected chi connectivity index (χ3v) is 6.15. The highest BCUT2D eigenvalue weighted by atomic mass is 79.9. The minimum Gasteiger partial charge on any atom is -0.348 e. The van der Waals surface area contributed by atoms with E-state index in [0.717, 1.165) is 23.7 Å². The van der Waals surface area contributed by atoms with E-state index in [1.165, 1.54) is 18.1 Å². The summed E-state index contributed by atoms with van der Waals surface area (Å²) in [4.78, 5) is 7.24. The van der Waals surface area contributed by atoms with Crippen molar-refractivity contribution in [1.29, 1.82) is 0 Å². The van der Waals surface area contributed by atoms with E-state index in [-0.39, 0.29) is 0 Å². The van der Waals surface area contributed by atoms with Crippen LogP contribution in [0.5, 0.6) is 0 Å². The molecule has 2 nitrogen and oxygen atoms in total. The molecule has 2 aliphatic heterocycles. The van der Waals surface area contributed by atoms with Crippen LogP contribution in [0.15, 0.2) is 4.99 Å². The lowest BCUT2D eigenvalue weighted by molar-refractivity contribution is 0.150. The first kappa shape index (κ1) is 12.7. The van der Waals surface area contributed by atoms with Crippen LogP contribution >= 0.6 is 27.7 Å². The van der Waals surface area contributed by atoms with E-state index in [9.17, 15) is 0 Å². The van der Waals surface area contributed by atoms with E-state index in [1.807, 2.05) is 11.8 Å². The number of nitrogens with zero attached hydrogens (tertiary/aromatic N) is 2. The molecule has 0 bridgehead atoms. The number of hydrogen-bond donors (Lipinski definition) is 0. The summed E-state index contributed by atoms with van der Waals surface area (Å²) in [5.41, 5.74) is 0. The van der Waals surface area contributed by atoms with Gasteiger partial charge in [-0.25, -0.2) is 0 Å². The van der Waals surface area contributed by atoms with Gasteiger partial charge in [0.15, 0.2) is 5.17 Å². The molecule has 2 heterocycles. The standard InChI is InChI=1S/C12H21BrN2S/c1-8-4-9(2)10(3)15(7-8)12-14-6-11(5-13)16-12/h8-11H,4-7H2,1-3H3. The van der Waals surface area contributed by atoms with Crippen molar-refractivity contribution in [3.05, 3.63) is 0 Å². The van der Waals surface area contributed by atoms with Gasteiger partial charge in [0.2, 0.25) is 0 Å². The maximum Gasteiger partial charge on any atom is 0.159 e. The molecule has 2 aliphatic rings. The van der Waals surface area contributed by atoms with Crippen LogP contribution in [-0.2, 0) is 0 Å². The number of rotatable bonds is 1. The first-order valence-corrected chi connectivity index (χ1v) is 8.15. The Kier molecular flexibility index (Phi) is 4.22. The maximum absolute atomic E-state index is 4.71. The lowest BCUT2D eigenvalue weighted by atomic mass is 9.86. The largest absolute Gasteiger partial charge is 0.348 e. The fourth-order valence-corrected chi connectivity index (χ4v) is 4.25. The van der Waals surface area contributed by atoms with Crippen molar-refractivity contribution < 1.29 is 0 Å². The number of aliphatic imine (C=N–C) groups is 1. The summed E-state index contributed by atoms with van der Waals surface area (Å²) in [5.74, 6) is 1.59. The minimum atomic E-state index is 0.648. The number of thioether (sulfide) groups is 1. The summed E-state index contributed by atoms with van der Waals surface area (Å²) < 4.78 is 0. The molecule has 2 rings (SSSR count). The van der Waals surface area contributed by atoms with Gasteiger partial charge in [0.05, 0.1) is 6.54 Å². The Hall–Kier alpha value is 0.300. The summed E-state index contributed by atoms with van der Waals surface area (Å²) in [6.45, 7) is 9.25. The number of piperidine rings is 1. The Balaban J connectivity index is 2.03. The highest BCUT2D eigenvalue weighted by Gasteiger charge is 2.33. The molecule has 4 unspecified atom stereocenters. The summed E-state index contributed by atoms with van der Waals surface area (Å²) in [5, 5.41) is 2.99. The van der Waals surface area contributed by atoms with Gasteiger partial charge in [0, 0.05) is 23.2 Å². The van der Waals surface area contributed by atoms with Crippen molar-refractivity contribution in [1.82, 2.24) is 4.90 Å². The predicted molar refractivity (Wildman–Crippen MR) is 76.6 cm³/mol. The summed E-state index contributed by atoms with van der Waals surface area (Å²) in [6.07, 6.45) is 1.36. The molecule has 16 heavy (non-hydrogen) atoms. The van der Waals surface area contributed by atoms with Gasteiger partial charge in [-0.05, 0) is 25.2 Å². The molecule has 0 saturated carbocycles. The molecule has 0 radical (unpaired) electrons. The third-order valence-electron chi connectivity index (χ3n) is 3.72. The van der Waals surface area contributed by atoms with Crippen molar-refractivity contribution in [2.24, 2.45) is 16.8 Å². The Morgan fingerprint density at radius 3 is 2.81 bits per heavy atom. The predicted octanol–water partition coefficient (Wildman–Crippen LogP) is 3.22. The van der Waals surface area contributed by atoms with Gasteiger partial charge in [0.1, 0.15) is 0 Å². The van der Waals surface area contributed by atoms with Gasteiger partial charge in [-0.15, -0.1) is 0 Å². The Labute approximate surface area is 111 Å². The molecule has 0 aromatic rings. The van der Waals surface area contributed by atoms with E-state index in [1.54, 1.807) is 0 Å². The molecule has 92 valence electrons. The highest BCUT2D eigenvalue weighted by Crippen LogP contribution is 2.33. The van der Waals surface area contributed by atoms with Gasteiger partial charge in [-0.3, -0.25) is 4.99 Å². The van der Waals surface area contributed by atoms with Crippen LogP contribution in [0, 0.1) is 11.8 Å². The molecular weight excluding hydrogens is 284 g/mol. The van der Waals surface area contributed by atoms with Gasteiger partial charge in [-0.2, -0.15) is 0 Å². The molecule has 1 saturated heterocycles. The van der Waals surface area contributed by atoms with Crippen LogP contribution in [0.3, 0.4) is 0 Å². The summed E-state index contributed by atoms with van der Waals surface area (Å²) >= 11 is 5.51. The van der Waals surface area contributed by atoms with Gasteiger partial charge < -0.3 is 4.90 Å². The van der Waals surface area contributed by atoms with E-state index in [4.69, 9.17) is 4.99 Å². The molecule has 0 aromatic heterocycles. The fourth-order valence-electron chi connectivity index (χ4n) is 2.61. The lowest BCUT2D eigenvalue weighted by Crippen LogP contribution is -2.47. The molecule has 1 fully saturated rings. The quantitative estimate of drug-likeness (QED) is 0.691. The molecule has 0 amide bonds. The van der Waals surface area contributed by atoms with Crippen molar-refractivity contribution >= 4 is 32.9 Å². The van der Waals surface area contributed by atoms with Gasteiger partial charge in [-0.1, -0.05) is 41.5 Å². The summed E-state index contributed by atoms with van der Waals surface area (Å²) in [7, 11) is 0. The average molecular weight is 305 g/mol. The zero-order valence-electron chi connectivity index (χ0n) is 10.3. The van der Waals surface area contributed by atoms with Crippen LogP contribution in [0.1, 0.15) is 27.2 Å². The second kappa shape index (κ2) is 5.30. The Morgan fingerprint density at radius 2 is 2.19 bits per heavy atom.